The summed E-state index contributed by atoms with van der Waals surface area (Å²) in [5.74, 6) is 0.746. The van der Waals surface area contributed by atoms with Crippen molar-refractivity contribution in [3.63, 3.8) is 0 Å². The van der Waals surface area contributed by atoms with E-state index in [1.807, 2.05) is 0 Å². The quantitative estimate of drug-likeness (QED) is 0.696. The highest BCUT2D eigenvalue weighted by atomic mass is 79.9. The van der Waals surface area contributed by atoms with Crippen molar-refractivity contribution in [2.75, 3.05) is 0 Å². The zero-order valence-electron chi connectivity index (χ0n) is 6.97. The van der Waals surface area contributed by atoms with Gasteiger partial charge in [-0.3, -0.25) is 0 Å². The van der Waals surface area contributed by atoms with Gasteiger partial charge in [0.1, 0.15) is 0 Å². The maximum Gasteiger partial charge on any atom is 0.316 e. The molecule has 0 saturated heterocycles. The molecule has 0 N–H and O–H groups in total. The van der Waals surface area contributed by atoms with Crippen LogP contribution in [0.5, 0.6) is 0 Å². The molecule has 64 valence electrons. The van der Waals surface area contributed by atoms with Crippen molar-refractivity contribution in [3.8, 4) is 0 Å². The molecule has 0 unspecified atom stereocenters. The van der Waals surface area contributed by atoms with Gasteiger partial charge in [0.25, 0.3) is 0 Å². The van der Waals surface area contributed by atoms with Crippen LogP contribution in [0.2, 0.25) is 0 Å². The first-order chi connectivity index (χ1) is 5.18. The maximum atomic E-state index is 3.41. The summed E-state index contributed by atoms with van der Waals surface area (Å²) in [6.45, 7) is 4.48. The molecular weight excluding hydrogens is 224 g/mol. The molecule has 0 amide bonds. The van der Waals surface area contributed by atoms with Crippen molar-refractivity contribution < 1.29 is 0 Å². The first-order valence-corrected chi connectivity index (χ1v) is 4.72. The van der Waals surface area contributed by atoms with Gasteiger partial charge in [0.15, 0.2) is 0 Å². The number of halogens is 1. The van der Waals surface area contributed by atoms with E-state index in [4.69, 9.17) is 0 Å². The van der Waals surface area contributed by atoms with Gasteiger partial charge >= 0.3 is 23.1 Å². The topological polar surface area (TPSA) is 0 Å². The molecule has 0 nitrogen and oxygen atoms in total. The van der Waals surface area contributed by atoms with E-state index in [1.165, 1.54) is 12.0 Å². The Morgan fingerprint density at radius 3 is 2.08 bits per heavy atom. The van der Waals surface area contributed by atoms with Crippen LogP contribution in [0.4, 0.5) is 0 Å². The van der Waals surface area contributed by atoms with Crippen LogP contribution in [0.15, 0.2) is 28.7 Å². The molecule has 0 saturated carbocycles. The fourth-order valence-electron chi connectivity index (χ4n) is 1.09. The van der Waals surface area contributed by atoms with Crippen molar-refractivity contribution in [3.05, 3.63) is 34.3 Å². The second-order valence-corrected chi connectivity index (χ2v) is 4.14. The zero-order valence-corrected chi connectivity index (χ0v) is 8.56. The van der Waals surface area contributed by atoms with E-state index >= 15 is 0 Å². The summed E-state index contributed by atoms with van der Waals surface area (Å²) in [4.78, 5) is 0. The molecular formula is C10H15BrMg. The second-order valence-electron chi connectivity index (χ2n) is 3.22. The normalized spacial score (nSPS) is 9.67. The molecule has 0 heterocycles. The van der Waals surface area contributed by atoms with Crippen molar-refractivity contribution in [1.29, 1.82) is 0 Å². The van der Waals surface area contributed by atoms with Crippen LogP contribution in [0.25, 0.3) is 0 Å². The fourth-order valence-corrected chi connectivity index (χ4v) is 1.36. The smallest absolute Gasteiger partial charge is 0.0625 e. The van der Waals surface area contributed by atoms with Gasteiger partial charge in [0.2, 0.25) is 0 Å². The standard InChI is InChI=1S/C10H13Br.Mg.2H/c1-8(2)7-9-3-5-10(11)6-4-9;;;/h3-6,8H,7H2,1-2H3;;;. The Morgan fingerprint density at radius 1 is 1.17 bits per heavy atom. The molecule has 2 heteroatoms. The average Bonchev–Trinajstić information content (AvgIpc) is 1.93. The van der Waals surface area contributed by atoms with Crippen LogP contribution < -0.4 is 0 Å². The lowest BCUT2D eigenvalue weighted by atomic mass is 10.0. The largest absolute Gasteiger partial charge is 0.316 e. The highest BCUT2D eigenvalue weighted by molar-refractivity contribution is 9.10. The Labute approximate surface area is 99.0 Å². The molecule has 1 rings (SSSR count). The minimum absolute atomic E-state index is 0. The lowest BCUT2D eigenvalue weighted by Gasteiger charge is -2.03. The highest BCUT2D eigenvalue weighted by Gasteiger charge is 1.95. The van der Waals surface area contributed by atoms with Crippen LogP contribution >= 0.6 is 15.9 Å². The lowest BCUT2D eigenvalue weighted by molar-refractivity contribution is 0.647. The minimum Gasteiger partial charge on any atom is -0.0625 e. The van der Waals surface area contributed by atoms with Gasteiger partial charge < -0.3 is 0 Å². The lowest BCUT2D eigenvalue weighted by Crippen LogP contribution is -1.92. The van der Waals surface area contributed by atoms with Crippen LogP contribution in [0.1, 0.15) is 19.4 Å². The van der Waals surface area contributed by atoms with Crippen molar-refractivity contribution in [2.24, 2.45) is 5.92 Å². The first-order valence-electron chi connectivity index (χ1n) is 3.93. The van der Waals surface area contributed by atoms with E-state index in [9.17, 15) is 0 Å². The van der Waals surface area contributed by atoms with E-state index in [1.54, 1.807) is 0 Å². The molecule has 0 aliphatic heterocycles. The van der Waals surface area contributed by atoms with E-state index in [0.717, 1.165) is 10.4 Å². The molecule has 0 fully saturated rings. The van der Waals surface area contributed by atoms with Gasteiger partial charge in [0, 0.05) is 4.47 Å². The number of benzene rings is 1. The second kappa shape index (κ2) is 6.00. The molecule has 1 aromatic carbocycles. The number of hydrogen-bond donors (Lipinski definition) is 0. The Bertz CT molecular complexity index is 216. The molecule has 0 bridgehead atoms. The fraction of sp³-hybridized carbons (Fsp3) is 0.400. The predicted octanol–water partition coefficient (Wildman–Crippen LogP) is 2.73. The van der Waals surface area contributed by atoms with E-state index in [0.29, 0.717) is 0 Å². The van der Waals surface area contributed by atoms with Crippen LogP contribution in [0, 0.1) is 5.92 Å². The summed E-state index contributed by atoms with van der Waals surface area (Å²) in [7, 11) is 0. The van der Waals surface area contributed by atoms with Gasteiger partial charge in [-0.25, -0.2) is 0 Å². The third-order valence-corrected chi connectivity index (χ3v) is 2.09. The monoisotopic (exact) mass is 238 g/mol. The van der Waals surface area contributed by atoms with E-state index in [2.05, 4.69) is 54.0 Å². The Balaban J connectivity index is 0.00000121. The molecule has 1 aromatic rings. The van der Waals surface area contributed by atoms with Crippen LogP contribution in [-0.2, 0) is 6.42 Å². The molecule has 0 atom stereocenters. The summed E-state index contributed by atoms with van der Waals surface area (Å²) in [5.41, 5.74) is 1.42. The highest BCUT2D eigenvalue weighted by Crippen LogP contribution is 2.13. The van der Waals surface area contributed by atoms with Crippen molar-refractivity contribution >= 4 is 39.0 Å². The number of hydrogen-bond acceptors (Lipinski definition) is 0. The Kier molecular flexibility index (Phi) is 6.24. The van der Waals surface area contributed by atoms with Crippen molar-refractivity contribution in [2.45, 2.75) is 20.3 Å². The van der Waals surface area contributed by atoms with E-state index in [-0.39, 0.29) is 23.1 Å². The van der Waals surface area contributed by atoms with Gasteiger partial charge in [-0.05, 0) is 30.0 Å². The third kappa shape index (κ3) is 4.48. The maximum absolute atomic E-state index is 3.41. The van der Waals surface area contributed by atoms with Crippen LogP contribution in [0.3, 0.4) is 0 Å². The third-order valence-electron chi connectivity index (χ3n) is 1.56. The minimum atomic E-state index is 0. The van der Waals surface area contributed by atoms with Gasteiger partial charge in [0.05, 0.1) is 0 Å². The Morgan fingerprint density at radius 2 is 1.67 bits per heavy atom. The summed E-state index contributed by atoms with van der Waals surface area (Å²) < 4.78 is 1.16. The molecule has 0 aliphatic rings. The van der Waals surface area contributed by atoms with Crippen LogP contribution in [-0.4, -0.2) is 23.1 Å². The molecule has 0 aliphatic carbocycles. The summed E-state index contributed by atoms with van der Waals surface area (Å²) in [6.07, 6.45) is 1.17. The average molecular weight is 239 g/mol. The molecule has 0 spiro atoms. The zero-order chi connectivity index (χ0) is 8.27. The summed E-state index contributed by atoms with van der Waals surface area (Å²) in [6, 6.07) is 8.53. The molecule has 12 heavy (non-hydrogen) atoms. The van der Waals surface area contributed by atoms with Crippen molar-refractivity contribution in [1.82, 2.24) is 0 Å². The SMILES string of the molecule is CC(C)Cc1ccc(Br)cc1.[MgH2]. The molecule has 0 radical (unpaired) electrons. The van der Waals surface area contributed by atoms with Gasteiger partial charge in [-0.15, -0.1) is 0 Å². The molecule has 0 aromatic heterocycles. The summed E-state index contributed by atoms with van der Waals surface area (Å²) >= 11 is 3.41. The predicted molar refractivity (Wildman–Crippen MR) is 61.2 cm³/mol. The van der Waals surface area contributed by atoms with Gasteiger partial charge in [-0.1, -0.05) is 41.9 Å². The number of rotatable bonds is 2. The summed E-state index contributed by atoms with van der Waals surface area (Å²) in [5, 5.41) is 0. The van der Waals surface area contributed by atoms with E-state index < -0.39 is 0 Å². The Hall–Kier alpha value is 0.466. The van der Waals surface area contributed by atoms with Gasteiger partial charge in [-0.2, -0.15) is 0 Å². The first kappa shape index (κ1) is 12.5.